The second-order valence-corrected chi connectivity index (χ2v) is 5.58. The standard InChI is InChI=1S/C14H23FN4/c1-18(2)7-3-4-12-5-8-19(9-6-12)14-16-10-13(15)11-17-14/h10-12H,3-9H2,1-2H3. The lowest BCUT2D eigenvalue weighted by molar-refractivity contribution is 0.330. The summed E-state index contributed by atoms with van der Waals surface area (Å²) in [7, 11) is 4.24. The monoisotopic (exact) mass is 266 g/mol. The minimum atomic E-state index is -0.373. The quantitative estimate of drug-likeness (QED) is 0.817. The third-order valence-electron chi connectivity index (χ3n) is 3.72. The fourth-order valence-electron chi connectivity index (χ4n) is 2.59. The molecule has 2 rings (SSSR count). The van der Waals surface area contributed by atoms with Crippen LogP contribution in [0.15, 0.2) is 12.4 Å². The normalized spacial score (nSPS) is 17.2. The molecular formula is C14H23FN4. The Morgan fingerprint density at radius 1 is 1.26 bits per heavy atom. The number of aromatic nitrogens is 2. The first-order valence-electron chi connectivity index (χ1n) is 7.02. The summed E-state index contributed by atoms with van der Waals surface area (Å²) in [5.41, 5.74) is 0. The summed E-state index contributed by atoms with van der Waals surface area (Å²) in [6.07, 6.45) is 7.43. The summed E-state index contributed by atoms with van der Waals surface area (Å²) in [5, 5.41) is 0. The molecule has 0 atom stereocenters. The molecule has 1 fully saturated rings. The fraction of sp³-hybridized carbons (Fsp3) is 0.714. The summed E-state index contributed by atoms with van der Waals surface area (Å²) in [6, 6.07) is 0. The number of halogens is 1. The minimum absolute atomic E-state index is 0.373. The Hall–Kier alpha value is -1.23. The molecular weight excluding hydrogens is 243 g/mol. The van der Waals surface area contributed by atoms with Crippen LogP contribution in [0.5, 0.6) is 0 Å². The molecule has 0 unspecified atom stereocenters. The van der Waals surface area contributed by atoms with Gasteiger partial charge in [0.15, 0.2) is 5.82 Å². The van der Waals surface area contributed by atoms with Crippen molar-refractivity contribution in [2.45, 2.75) is 25.7 Å². The molecule has 5 heteroatoms. The Balaban J connectivity index is 1.74. The first-order chi connectivity index (χ1) is 9.15. The van der Waals surface area contributed by atoms with Gasteiger partial charge in [-0.1, -0.05) is 0 Å². The predicted molar refractivity (Wildman–Crippen MR) is 74.7 cm³/mol. The molecule has 1 saturated heterocycles. The molecule has 0 amide bonds. The smallest absolute Gasteiger partial charge is 0.225 e. The van der Waals surface area contributed by atoms with E-state index in [1.807, 2.05) is 0 Å². The largest absolute Gasteiger partial charge is 0.341 e. The van der Waals surface area contributed by atoms with Crippen molar-refractivity contribution < 1.29 is 4.39 Å². The molecule has 19 heavy (non-hydrogen) atoms. The number of hydrogen-bond donors (Lipinski definition) is 0. The molecule has 1 aliphatic heterocycles. The molecule has 1 aromatic heterocycles. The van der Waals surface area contributed by atoms with Crippen LogP contribution in [0, 0.1) is 11.7 Å². The van der Waals surface area contributed by atoms with E-state index in [0.717, 1.165) is 19.0 Å². The zero-order valence-corrected chi connectivity index (χ0v) is 11.8. The van der Waals surface area contributed by atoms with Gasteiger partial charge in [0.1, 0.15) is 0 Å². The lowest BCUT2D eigenvalue weighted by Gasteiger charge is -2.32. The van der Waals surface area contributed by atoms with Crippen molar-refractivity contribution >= 4 is 5.95 Å². The Bertz CT molecular complexity index is 372. The van der Waals surface area contributed by atoms with Crippen LogP contribution in [0.25, 0.3) is 0 Å². The Labute approximate surface area is 114 Å². The van der Waals surface area contributed by atoms with E-state index >= 15 is 0 Å². The van der Waals surface area contributed by atoms with Gasteiger partial charge in [-0.05, 0) is 52.2 Å². The summed E-state index contributed by atoms with van der Waals surface area (Å²) in [5.74, 6) is 1.10. The van der Waals surface area contributed by atoms with Crippen molar-refractivity contribution in [3.8, 4) is 0 Å². The topological polar surface area (TPSA) is 32.3 Å². The maximum atomic E-state index is 12.8. The van der Waals surface area contributed by atoms with Crippen molar-refractivity contribution in [3.05, 3.63) is 18.2 Å². The summed E-state index contributed by atoms with van der Waals surface area (Å²) < 4.78 is 12.8. The van der Waals surface area contributed by atoms with Gasteiger partial charge in [0.05, 0.1) is 12.4 Å². The highest BCUT2D eigenvalue weighted by atomic mass is 19.1. The molecule has 0 aliphatic carbocycles. The van der Waals surface area contributed by atoms with E-state index in [1.165, 1.54) is 44.6 Å². The summed E-state index contributed by atoms with van der Waals surface area (Å²) in [4.78, 5) is 12.5. The maximum Gasteiger partial charge on any atom is 0.225 e. The molecule has 0 saturated carbocycles. The number of nitrogens with zero attached hydrogens (tertiary/aromatic N) is 4. The van der Waals surface area contributed by atoms with Crippen LogP contribution in [0.2, 0.25) is 0 Å². The van der Waals surface area contributed by atoms with Crippen molar-refractivity contribution in [1.82, 2.24) is 14.9 Å². The molecule has 0 aromatic carbocycles. The predicted octanol–water partition coefficient (Wildman–Crippen LogP) is 2.17. The highest BCUT2D eigenvalue weighted by Gasteiger charge is 2.20. The van der Waals surface area contributed by atoms with Gasteiger partial charge in [-0.25, -0.2) is 14.4 Å². The van der Waals surface area contributed by atoms with Crippen LogP contribution < -0.4 is 4.90 Å². The molecule has 106 valence electrons. The van der Waals surface area contributed by atoms with Crippen LogP contribution >= 0.6 is 0 Å². The Kier molecular flexibility index (Phi) is 5.07. The summed E-state index contributed by atoms with van der Waals surface area (Å²) >= 11 is 0. The van der Waals surface area contributed by atoms with Crippen LogP contribution in [0.3, 0.4) is 0 Å². The number of anilines is 1. The molecule has 4 nitrogen and oxygen atoms in total. The molecule has 0 radical (unpaired) electrons. The van der Waals surface area contributed by atoms with E-state index in [4.69, 9.17) is 0 Å². The number of hydrogen-bond acceptors (Lipinski definition) is 4. The lowest BCUT2D eigenvalue weighted by atomic mass is 9.92. The fourth-order valence-corrected chi connectivity index (χ4v) is 2.59. The second kappa shape index (κ2) is 6.80. The van der Waals surface area contributed by atoms with E-state index in [-0.39, 0.29) is 5.82 Å². The van der Waals surface area contributed by atoms with Crippen LogP contribution in [-0.2, 0) is 0 Å². The van der Waals surface area contributed by atoms with Gasteiger partial charge >= 0.3 is 0 Å². The minimum Gasteiger partial charge on any atom is -0.341 e. The van der Waals surface area contributed by atoms with E-state index in [1.54, 1.807) is 0 Å². The van der Waals surface area contributed by atoms with Gasteiger partial charge in [0.25, 0.3) is 0 Å². The van der Waals surface area contributed by atoms with Crippen LogP contribution in [-0.4, -0.2) is 48.6 Å². The van der Waals surface area contributed by atoms with Crippen molar-refractivity contribution in [1.29, 1.82) is 0 Å². The van der Waals surface area contributed by atoms with Crippen molar-refractivity contribution in [2.75, 3.05) is 38.6 Å². The molecule has 2 heterocycles. The van der Waals surface area contributed by atoms with Crippen LogP contribution in [0.1, 0.15) is 25.7 Å². The molecule has 0 bridgehead atoms. The Morgan fingerprint density at radius 2 is 1.89 bits per heavy atom. The van der Waals surface area contributed by atoms with Gasteiger partial charge in [0, 0.05) is 13.1 Å². The average molecular weight is 266 g/mol. The van der Waals surface area contributed by atoms with Gasteiger partial charge in [-0.15, -0.1) is 0 Å². The lowest BCUT2D eigenvalue weighted by Crippen LogP contribution is -2.35. The zero-order chi connectivity index (χ0) is 13.7. The third kappa shape index (κ3) is 4.42. The molecule has 1 aromatic rings. The number of piperidine rings is 1. The van der Waals surface area contributed by atoms with Crippen LogP contribution in [0.4, 0.5) is 10.3 Å². The van der Waals surface area contributed by atoms with Gasteiger partial charge < -0.3 is 9.80 Å². The number of rotatable bonds is 5. The van der Waals surface area contributed by atoms with Gasteiger partial charge in [-0.3, -0.25) is 0 Å². The van der Waals surface area contributed by atoms with E-state index in [2.05, 4.69) is 33.9 Å². The van der Waals surface area contributed by atoms with Gasteiger partial charge in [0.2, 0.25) is 5.95 Å². The van der Waals surface area contributed by atoms with Crippen molar-refractivity contribution in [3.63, 3.8) is 0 Å². The first kappa shape index (κ1) is 14.2. The second-order valence-electron chi connectivity index (χ2n) is 5.58. The summed E-state index contributed by atoms with van der Waals surface area (Å²) in [6.45, 7) is 3.14. The molecule has 1 aliphatic rings. The Morgan fingerprint density at radius 3 is 2.47 bits per heavy atom. The van der Waals surface area contributed by atoms with E-state index in [9.17, 15) is 4.39 Å². The molecule has 0 spiro atoms. The van der Waals surface area contributed by atoms with E-state index < -0.39 is 0 Å². The zero-order valence-electron chi connectivity index (χ0n) is 11.8. The maximum absolute atomic E-state index is 12.8. The first-order valence-corrected chi connectivity index (χ1v) is 7.02. The SMILES string of the molecule is CN(C)CCCC1CCN(c2ncc(F)cn2)CC1. The highest BCUT2D eigenvalue weighted by Crippen LogP contribution is 2.23. The third-order valence-corrected chi connectivity index (χ3v) is 3.72. The molecule has 0 N–H and O–H groups in total. The average Bonchev–Trinajstić information content (AvgIpc) is 2.40. The van der Waals surface area contributed by atoms with E-state index in [0.29, 0.717) is 5.95 Å². The van der Waals surface area contributed by atoms with Gasteiger partial charge in [-0.2, -0.15) is 0 Å². The highest BCUT2D eigenvalue weighted by molar-refractivity contribution is 5.29. The van der Waals surface area contributed by atoms with Crippen molar-refractivity contribution in [2.24, 2.45) is 5.92 Å².